The molecule has 0 spiro atoms. The number of hydrogen-bond donors (Lipinski definition) is 5. The molecule has 0 bridgehead atoms. The molecule has 11 nitrogen and oxygen atoms in total. The number of likely N-dealkylation sites (N-methyl/N-ethyl adjacent to an activating group) is 1. The van der Waals surface area contributed by atoms with E-state index in [1.807, 2.05) is 0 Å². The van der Waals surface area contributed by atoms with Gasteiger partial charge in [0.15, 0.2) is 11.4 Å². The molecule has 4 aliphatic rings. The number of carbonyl (C=O) groups excluding carboxylic acids is 4. The molecule has 47 heavy (non-hydrogen) atoms. The van der Waals surface area contributed by atoms with Gasteiger partial charge in [-0.05, 0) is 68.6 Å². The van der Waals surface area contributed by atoms with Crippen molar-refractivity contribution in [2.45, 2.75) is 62.2 Å². The first-order chi connectivity index (χ1) is 22.3. The number of aromatic hydroxyl groups is 1. The van der Waals surface area contributed by atoms with Gasteiger partial charge in [0.2, 0.25) is 5.78 Å². The lowest BCUT2D eigenvalue weighted by Gasteiger charge is -2.55. The number of aliphatic hydroxyl groups is 3. The van der Waals surface area contributed by atoms with Gasteiger partial charge >= 0.3 is 5.97 Å². The normalized spacial score (nSPS) is 29.3. The predicted octanol–water partition coefficient (Wildman–Crippen LogP) is 3.50. The maximum atomic E-state index is 14.7. The van der Waals surface area contributed by atoms with Crippen molar-refractivity contribution in [2.75, 3.05) is 14.1 Å². The number of rotatable bonds is 6. The molecule has 1 amide bonds. The summed E-state index contributed by atoms with van der Waals surface area (Å²) in [7, 11) is 2.99. The number of esters is 1. The summed E-state index contributed by atoms with van der Waals surface area (Å²) in [6, 6.07) is 10.1. The molecule has 12 heteroatoms. The Morgan fingerprint density at radius 3 is 2.30 bits per heavy atom. The number of hydrogen-bond acceptors (Lipinski definition) is 10. The lowest BCUT2D eigenvalue weighted by atomic mass is 9.53. The van der Waals surface area contributed by atoms with Crippen molar-refractivity contribution in [1.29, 1.82) is 0 Å². The minimum atomic E-state index is -3.00. The van der Waals surface area contributed by atoms with Crippen LogP contribution in [-0.4, -0.2) is 80.6 Å². The molecule has 6 atom stereocenters. The van der Waals surface area contributed by atoms with Gasteiger partial charge in [-0.15, -0.1) is 0 Å². The number of phenolic OH excluding ortho intramolecular Hbond substituents is 1. The van der Waals surface area contributed by atoms with Crippen LogP contribution in [0.1, 0.15) is 54.7 Å². The summed E-state index contributed by atoms with van der Waals surface area (Å²) >= 11 is 6.16. The third kappa shape index (κ3) is 5.12. The topological polar surface area (TPSA) is 188 Å². The van der Waals surface area contributed by atoms with Gasteiger partial charge in [0, 0.05) is 16.5 Å². The zero-order chi connectivity index (χ0) is 33.9. The third-order valence-electron chi connectivity index (χ3n) is 10.3. The summed E-state index contributed by atoms with van der Waals surface area (Å²) in [5.74, 6) is -10.3. The summed E-state index contributed by atoms with van der Waals surface area (Å²) in [6.07, 6.45) is 2.45. The van der Waals surface area contributed by atoms with Crippen LogP contribution >= 0.6 is 11.6 Å². The fraction of sp³-hybridized carbons (Fsp3) is 0.429. The first-order valence-electron chi connectivity index (χ1n) is 15.7. The van der Waals surface area contributed by atoms with Crippen LogP contribution in [0.15, 0.2) is 59.4 Å². The second-order valence-electron chi connectivity index (χ2n) is 13.2. The SMILES string of the molecule is CN(C)[C@@H]1C(=O)C(C(N)=O)=C(O)[C@@]2(O)C(=O)C3=C(O)c4c(O)cccc4C(Cc4ccc(Cl)cc4)[C@H]3[C@H](OC(=O)C3CCCCC3)[C@@H]12. The minimum Gasteiger partial charge on any atom is -0.508 e. The van der Waals surface area contributed by atoms with Gasteiger partial charge in [-0.1, -0.05) is 55.1 Å². The van der Waals surface area contributed by atoms with Crippen molar-refractivity contribution < 1.29 is 44.3 Å². The summed E-state index contributed by atoms with van der Waals surface area (Å²) < 4.78 is 6.33. The molecular formula is C35H37ClN2O9. The Morgan fingerprint density at radius 2 is 1.68 bits per heavy atom. The number of fused-ring (bicyclic) bond motifs is 3. The lowest BCUT2D eigenvalue weighted by Crippen LogP contribution is -2.71. The highest BCUT2D eigenvalue weighted by atomic mass is 35.5. The van der Waals surface area contributed by atoms with Crippen LogP contribution in [0.25, 0.3) is 5.76 Å². The van der Waals surface area contributed by atoms with Crippen LogP contribution in [-0.2, 0) is 30.3 Å². The van der Waals surface area contributed by atoms with Gasteiger partial charge in [0.25, 0.3) is 5.91 Å². The van der Waals surface area contributed by atoms with Gasteiger partial charge in [0.1, 0.15) is 28.9 Å². The van der Waals surface area contributed by atoms with Crippen molar-refractivity contribution >= 4 is 40.8 Å². The van der Waals surface area contributed by atoms with E-state index in [0.29, 0.717) is 23.4 Å². The van der Waals surface area contributed by atoms with Crippen molar-refractivity contribution in [2.24, 2.45) is 23.5 Å². The number of primary amides is 1. The van der Waals surface area contributed by atoms with Crippen LogP contribution in [0.2, 0.25) is 5.02 Å². The lowest BCUT2D eigenvalue weighted by molar-refractivity contribution is -0.188. The number of amides is 1. The summed E-state index contributed by atoms with van der Waals surface area (Å²) in [5.41, 5.74) is 2.30. The largest absolute Gasteiger partial charge is 0.508 e. The van der Waals surface area contributed by atoms with Crippen LogP contribution in [0.4, 0.5) is 0 Å². The molecule has 6 rings (SSSR count). The number of aliphatic hydroxyl groups excluding tert-OH is 2. The Morgan fingerprint density at radius 1 is 1.02 bits per heavy atom. The molecule has 0 saturated heterocycles. The van der Waals surface area contributed by atoms with Gasteiger partial charge in [-0.25, -0.2) is 0 Å². The van der Waals surface area contributed by atoms with Crippen LogP contribution in [0, 0.1) is 17.8 Å². The average Bonchev–Trinajstić information content (AvgIpc) is 3.03. The van der Waals surface area contributed by atoms with Crippen LogP contribution in [0.5, 0.6) is 5.75 Å². The number of ether oxygens (including phenoxy) is 1. The molecule has 2 fully saturated rings. The van der Waals surface area contributed by atoms with Gasteiger partial charge < -0.3 is 30.9 Å². The predicted molar refractivity (Wildman–Crippen MR) is 170 cm³/mol. The molecule has 248 valence electrons. The number of Topliss-reactive ketones (excluding diaryl/α,β-unsaturated/α-hetero) is 2. The van der Waals surface area contributed by atoms with E-state index in [0.717, 1.165) is 24.8 Å². The number of nitrogens with zero attached hydrogens (tertiary/aromatic N) is 1. The summed E-state index contributed by atoms with van der Waals surface area (Å²) in [6.45, 7) is 0. The maximum Gasteiger partial charge on any atom is 0.309 e. The molecule has 1 unspecified atom stereocenters. The second-order valence-corrected chi connectivity index (χ2v) is 13.6. The molecule has 2 aromatic carbocycles. The van der Waals surface area contributed by atoms with Crippen molar-refractivity contribution in [1.82, 2.24) is 4.90 Å². The number of ketones is 2. The molecule has 6 N–H and O–H groups in total. The van der Waals surface area contributed by atoms with Gasteiger partial charge in [0.05, 0.1) is 23.4 Å². The standard InChI is InChI=1S/C35H37ClN2O9/c1-38(2)27-26-30(47-34(45)17-7-4-3-5-8-17)23-20(15-16-11-13-18(36)14-12-16)19-9-6-10-21(39)22(19)28(40)24(23)31(42)35(26,46)32(43)25(29(27)41)33(37)44/h6,9-14,17,20,23,26-27,30,39-40,43,46H,3-5,7-8,15H2,1-2H3,(H2,37,44)/t20?,23-,26-,27+,30+,35+/m1/s1. The van der Waals surface area contributed by atoms with Crippen molar-refractivity contribution in [3.63, 3.8) is 0 Å². The number of carbonyl (C=O) groups is 4. The number of nitrogens with two attached hydrogens (primary N) is 1. The van der Waals surface area contributed by atoms with E-state index in [9.17, 15) is 39.6 Å². The Balaban J connectivity index is 1.64. The Kier molecular flexibility index (Phi) is 8.44. The third-order valence-corrected chi connectivity index (χ3v) is 10.6. The summed E-state index contributed by atoms with van der Waals surface area (Å²) in [5, 5.41) is 47.1. The van der Waals surface area contributed by atoms with E-state index in [1.165, 1.54) is 25.1 Å². The number of halogens is 1. The second kappa shape index (κ2) is 12.1. The van der Waals surface area contributed by atoms with E-state index in [1.54, 1.807) is 36.4 Å². The maximum absolute atomic E-state index is 14.7. The first-order valence-corrected chi connectivity index (χ1v) is 16.1. The van der Waals surface area contributed by atoms with E-state index < -0.39 is 87.5 Å². The van der Waals surface area contributed by atoms with E-state index >= 15 is 0 Å². The summed E-state index contributed by atoms with van der Waals surface area (Å²) in [4.78, 5) is 56.4. The fourth-order valence-electron chi connectivity index (χ4n) is 8.19. The zero-order valence-corrected chi connectivity index (χ0v) is 26.7. The minimum absolute atomic E-state index is 0.0555. The van der Waals surface area contributed by atoms with Crippen molar-refractivity contribution in [3.05, 3.63) is 81.1 Å². The number of benzene rings is 2. The highest BCUT2D eigenvalue weighted by molar-refractivity contribution is 6.30. The van der Waals surface area contributed by atoms with Gasteiger partial charge in [-0.3, -0.25) is 24.1 Å². The number of phenols is 1. The van der Waals surface area contributed by atoms with E-state index in [2.05, 4.69) is 0 Å². The fourth-order valence-corrected chi connectivity index (χ4v) is 8.32. The highest BCUT2D eigenvalue weighted by Gasteiger charge is 2.70. The average molecular weight is 665 g/mol. The Labute approximate surface area is 276 Å². The smallest absolute Gasteiger partial charge is 0.309 e. The molecule has 0 heterocycles. The monoisotopic (exact) mass is 664 g/mol. The van der Waals surface area contributed by atoms with E-state index in [4.69, 9.17) is 22.1 Å². The van der Waals surface area contributed by atoms with E-state index in [-0.39, 0.29) is 17.7 Å². The Bertz CT molecular complexity index is 1730. The molecule has 0 aliphatic heterocycles. The zero-order valence-electron chi connectivity index (χ0n) is 26.0. The molecular weight excluding hydrogens is 628 g/mol. The molecule has 0 radical (unpaired) electrons. The quantitative estimate of drug-likeness (QED) is 0.226. The molecule has 0 aromatic heterocycles. The van der Waals surface area contributed by atoms with Gasteiger partial charge in [-0.2, -0.15) is 0 Å². The molecule has 2 aromatic rings. The highest BCUT2D eigenvalue weighted by Crippen LogP contribution is 2.58. The Hall–Kier alpha value is -4.19. The van der Waals surface area contributed by atoms with Crippen molar-refractivity contribution in [3.8, 4) is 5.75 Å². The van der Waals surface area contributed by atoms with Crippen LogP contribution in [0.3, 0.4) is 0 Å². The molecule has 4 aliphatic carbocycles. The first kappa shape index (κ1) is 32.7. The molecule has 2 saturated carbocycles. The van der Waals surface area contributed by atoms with Crippen LogP contribution < -0.4 is 5.73 Å².